The summed E-state index contributed by atoms with van der Waals surface area (Å²) in [6.45, 7) is 13.9. The Labute approximate surface area is 405 Å². The minimum Gasteiger partial charge on any atom is -1.00 e. The molecule has 0 fully saturated rings. The maximum atomic E-state index is 13.2. The van der Waals surface area contributed by atoms with E-state index < -0.39 is 65.0 Å². The van der Waals surface area contributed by atoms with Gasteiger partial charge in [0.15, 0.2) is 0 Å². The van der Waals surface area contributed by atoms with E-state index in [-0.39, 0.29) is 58.9 Å². The molecule has 0 saturated carbocycles. The average molecular weight is 1090 g/mol. The smallest absolute Gasteiger partial charge is 1.00 e. The molecule has 0 bridgehead atoms. The average Bonchev–Trinajstić information content (AvgIpc) is 3.73. The van der Waals surface area contributed by atoms with Gasteiger partial charge in [-0.3, -0.25) is 0 Å². The van der Waals surface area contributed by atoms with Crippen molar-refractivity contribution in [1.82, 2.24) is 0 Å². The summed E-state index contributed by atoms with van der Waals surface area (Å²) >= 11 is 1.29. The van der Waals surface area contributed by atoms with Gasteiger partial charge in [-0.25, -0.2) is 0 Å². The van der Waals surface area contributed by atoms with E-state index in [1.807, 2.05) is 60.2 Å². The zero-order valence-electron chi connectivity index (χ0n) is 36.6. The third kappa shape index (κ3) is 18.1. The van der Waals surface area contributed by atoms with E-state index >= 15 is 0 Å². The van der Waals surface area contributed by atoms with E-state index in [1.54, 1.807) is 36.4 Å². The number of alkyl halides is 15. The first-order valence-corrected chi connectivity index (χ1v) is 25.4. The summed E-state index contributed by atoms with van der Waals surface area (Å²) in [6.07, 6.45) is -10.4. The van der Waals surface area contributed by atoms with Gasteiger partial charge in [0.1, 0.15) is 0 Å². The van der Waals surface area contributed by atoms with Crippen LogP contribution in [0.4, 0.5) is 65.9 Å². The molecule has 0 nitrogen and oxygen atoms in total. The Kier molecular flexibility index (Phi) is 19.6. The monoisotopic (exact) mass is 1090 g/mol. The van der Waals surface area contributed by atoms with Crippen LogP contribution >= 0.6 is 0 Å². The molecule has 0 aromatic heterocycles. The van der Waals surface area contributed by atoms with Gasteiger partial charge < -0.3 is 24.8 Å². The van der Waals surface area contributed by atoms with Crippen molar-refractivity contribution in [2.45, 2.75) is 91.4 Å². The molecule has 0 aliphatic heterocycles. The quantitative estimate of drug-likeness (QED) is 0.112. The Morgan fingerprint density at radius 1 is 0.493 bits per heavy atom. The van der Waals surface area contributed by atoms with E-state index in [1.165, 1.54) is 35.5 Å². The molecule has 0 spiro atoms. The molecule has 67 heavy (non-hydrogen) atoms. The molecule has 2 aliphatic carbocycles. The van der Waals surface area contributed by atoms with Crippen molar-refractivity contribution in [2.75, 3.05) is 0 Å². The fourth-order valence-electron chi connectivity index (χ4n) is 6.50. The first-order chi connectivity index (χ1) is 29.4. The van der Waals surface area contributed by atoms with Crippen LogP contribution in [0, 0.1) is 10.8 Å². The summed E-state index contributed by atoms with van der Waals surface area (Å²) in [5.74, 6) is 0. The van der Waals surface area contributed by atoms with Gasteiger partial charge in [0.25, 0.3) is 0 Å². The fraction of sp³-hybridized carbons (Fsp3) is 0.333. The molecule has 0 saturated heterocycles. The van der Waals surface area contributed by atoms with Crippen molar-refractivity contribution in [3.05, 3.63) is 139 Å². The van der Waals surface area contributed by atoms with Crippen molar-refractivity contribution < 1.29 is 114 Å². The van der Waals surface area contributed by atoms with Gasteiger partial charge in [-0.15, -0.1) is 80.6 Å². The number of allylic oxidation sites excluding steroid dienone is 4. The third-order valence-corrected chi connectivity index (χ3v) is 12.0. The number of hydrogen-bond donors (Lipinski definition) is 0. The van der Waals surface area contributed by atoms with Gasteiger partial charge in [0.2, 0.25) is 0 Å². The van der Waals surface area contributed by atoms with Gasteiger partial charge in [0, 0.05) is 0 Å². The predicted octanol–water partition coefficient (Wildman–Crippen LogP) is 7.75. The third-order valence-electron chi connectivity index (χ3n) is 9.13. The topological polar surface area (TPSA) is 0 Å². The largest absolute Gasteiger partial charge is 1.00 e. The number of hydrogen-bond acceptors (Lipinski definition) is 0. The van der Waals surface area contributed by atoms with Gasteiger partial charge in [-0.05, 0) is 58.4 Å². The number of rotatable bonds is 4. The molecule has 0 radical (unpaired) electrons. The Morgan fingerprint density at radius 2 is 0.791 bits per heavy atom. The fourth-order valence-corrected chi connectivity index (χ4v) is 8.08. The normalized spacial score (nSPS) is 14.9. The summed E-state index contributed by atoms with van der Waals surface area (Å²) in [6, 6.07) is 13.4. The maximum Gasteiger partial charge on any atom is -1.00 e. The van der Waals surface area contributed by atoms with Crippen LogP contribution in [0.25, 0.3) is 46.6 Å². The minimum atomic E-state index is -4.88. The summed E-state index contributed by atoms with van der Waals surface area (Å²) in [7, 11) is 0. The molecular formula is C48H41Cl2F15SiZr-2. The molecule has 0 atom stereocenters. The predicted molar refractivity (Wildman–Crippen MR) is 220 cm³/mol. The van der Waals surface area contributed by atoms with Gasteiger partial charge in [-0.2, -0.15) is 52.7 Å². The zero-order valence-corrected chi connectivity index (χ0v) is 41.5. The molecule has 19 heteroatoms. The van der Waals surface area contributed by atoms with Crippen molar-refractivity contribution in [1.29, 1.82) is 0 Å². The van der Waals surface area contributed by atoms with Gasteiger partial charge in [0.05, 0.1) is 22.3 Å². The molecule has 0 amide bonds. The molecule has 6 rings (SSSR count). The van der Waals surface area contributed by atoms with Crippen LogP contribution in [-0.2, 0) is 48.0 Å². The summed E-state index contributed by atoms with van der Waals surface area (Å²) < 4.78 is 192. The van der Waals surface area contributed by atoms with Gasteiger partial charge >= 0.3 is 91.8 Å². The molecule has 2 aliphatic rings. The second kappa shape index (κ2) is 22.0. The van der Waals surface area contributed by atoms with Crippen LogP contribution in [0.15, 0.2) is 96.1 Å². The zero-order chi connectivity index (χ0) is 49.3. The first kappa shape index (κ1) is 59.6. The molecule has 362 valence electrons. The van der Waals surface area contributed by atoms with Crippen molar-refractivity contribution >= 4 is 29.7 Å². The molecule has 0 heterocycles. The Bertz CT molecular complexity index is 2500. The van der Waals surface area contributed by atoms with Crippen molar-refractivity contribution in [3.8, 4) is 22.3 Å². The molecule has 4 aromatic rings. The van der Waals surface area contributed by atoms with Crippen LogP contribution in [-0.4, -0.2) is 11.6 Å². The van der Waals surface area contributed by atoms with E-state index in [4.69, 9.17) is 0 Å². The Balaban J connectivity index is 0.000000380. The number of benzene rings is 4. The van der Waals surface area contributed by atoms with E-state index in [0.29, 0.717) is 38.0 Å². The minimum absolute atomic E-state index is 0. The standard InChI is InChI=1S/2C22H17F6.C4H7F3Si.2ClH.Zr/c2*1-20(2,3)12-13-7-14-5-4-6-18(19(14)8-13)15-9-16(21(23,24)25)11-17(10-15)22(26,27)28;1-8-3-2-4(5,6)7;;;/h2*4-6,8-12H,1-3H3;2-3H2,1H3;2*1H;/q2*-1;;;;+2/p-2. The first-order valence-electron chi connectivity index (χ1n) is 19.6. The second-order valence-electron chi connectivity index (χ2n) is 17.5. The molecule has 4 aromatic carbocycles. The van der Waals surface area contributed by atoms with Crippen molar-refractivity contribution in [3.63, 3.8) is 0 Å². The summed E-state index contributed by atoms with van der Waals surface area (Å²) in [4.78, 5) is 0. The molecule has 0 N–H and O–H groups in total. The van der Waals surface area contributed by atoms with E-state index in [0.717, 1.165) is 35.4 Å². The maximum absolute atomic E-state index is 13.2. The van der Waals surface area contributed by atoms with E-state index in [9.17, 15) is 65.9 Å². The van der Waals surface area contributed by atoms with Crippen molar-refractivity contribution in [2.24, 2.45) is 10.8 Å². The van der Waals surface area contributed by atoms with Crippen LogP contribution in [0.1, 0.15) is 70.2 Å². The molecule has 0 unspecified atom stereocenters. The van der Waals surface area contributed by atoms with Crippen LogP contribution in [0.5, 0.6) is 0 Å². The Hall–Kier alpha value is -3.53. The van der Waals surface area contributed by atoms with Crippen LogP contribution < -0.4 is 45.7 Å². The van der Waals surface area contributed by atoms with E-state index in [2.05, 4.69) is 12.2 Å². The molecular weight excluding hydrogens is 1050 g/mol. The number of fused-ring (bicyclic) bond motifs is 2. The van der Waals surface area contributed by atoms with Crippen LogP contribution in [0.2, 0.25) is 12.6 Å². The summed E-state index contributed by atoms with van der Waals surface area (Å²) in [5, 5.41) is 2.40. The van der Waals surface area contributed by atoms with Gasteiger partial charge in [-0.1, -0.05) is 76.9 Å². The van der Waals surface area contributed by atoms with Crippen LogP contribution in [0.3, 0.4) is 0 Å². The number of halogens is 17. The Morgan fingerprint density at radius 3 is 1.01 bits per heavy atom. The SMILES string of the molecule is CC(C)(C)C=C1[C-]=c2cccc(-c3cc(C(F)(F)F)cc(C(F)(F)F)c3)c2=C1.CC(C)(C)C=C1[C-]=c2cccc(-c3cc(C(F)(F)F)cc(C(F)(F)F)c3)c2=C1.C[Si](=[Zr+2])CCC(F)(F)F.[Cl-].[Cl-]. The summed E-state index contributed by atoms with van der Waals surface area (Å²) in [5.41, 5.74) is -4.37. The second-order valence-corrected chi connectivity index (χ2v) is 25.8.